The van der Waals surface area contributed by atoms with E-state index in [0.717, 1.165) is 48.2 Å². The fraction of sp³-hybridized carbons (Fsp3) is 0.298. The van der Waals surface area contributed by atoms with Crippen LogP contribution >= 0.6 is 0 Å². The van der Waals surface area contributed by atoms with Gasteiger partial charge in [-0.05, 0) is 73.2 Å². The van der Waals surface area contributed by atoms with Crippen molar-refractivity contribution in [3.8, 4) is 0 Å². The van der Waals surface area contributed by atoms with E-state index in [-0.39, 0.29) is 59.7 Å². The van der Waals surface area contributed by atoms with E-state index < -0.39 is 29.9 Å². The molecule has 8 rings (SSSR count). The minimum Gasteiger partial charge on any atom is -0.870 e. The molecule has 6 aromatic rings. The Bertz CT molecular complexity index is 2410. The van der Waals surface area contributed by atoms with Gasteiger partial charge in [-0.2, -0.15) is 0 Å². The predicted molar refractivity (Wildman–Crippen MR) is 268 cm³/mol. The van der Waals surface area contributed by atoms with Gasteiger partial charge in [-0.1, -0.05) is 182 Å². The number of hydrogen-bond donors (Lipinski definition) is 1. The first kappa shape index (κ1) is 56.2. The Morgan fingerprint density at radius 3 is 1.11 bits per heavy atom. The van der Waals surface area contributed by atoms with Crippen molar-refractivity contribution in [3.63, 3.8) is 0 Å². The monoisotopic (exact) mass is 940 g/mol. The molecule has 0 saturated carbocycles. The molecule has 0 radical (unpaired) electrons. The van der Waals surface area contributed by atoms with E-state index >= 15 is 0 Å². The number of likely N-dealkylation sites (tertiary alicyclic amines) is 2. The van der Waals surface area contributed by atoms with Crippen LogP contribution in [0, 0.1) is 0 Å². The van der Waals surface area contributed by atoms with Gasteiger partial charge in [0.25, 0.3) is 0 Å². The maximum absolute atomic E-state index is 14.0. The maximum Gasteiger partial charge on any atom is 1.00 e. The number of carbonyl (C=O) groups excluding carboxylic acids is 3. The van der Waals surface area contributed by atoms with Gasteiger partial charge in [-0.3, -0.25) is 9.59 Å². The Balaban J connectivity index is 0.000000292. The van der Waals surface area contributed by atoms with Crippen LogP contribution in [0.1, 0.15) is 58.1 Å². The molecule has 2 aliphatic rings. The summed E-state index contributed by atoms with van der Waals surface area (Å²) in [5, 5.41) is 9.95. The number of likely N-dealkylation sites (N-methyl/N-ethyl adjacent to an activating group) is 2. The quantitative estimate of drug-likeness (QED) is 0.110. The Labute approximate surface area is 424 Å². The average Bonchev–Trinajstić information content (AvgIpc) is 4.04. The summed E-state index contributed by atoms with van der Waals surface area (Å²) in [7, 11) is 5.48. The van der Waals surface area contributed by atoms with Gasteiger partial charge in [0.15, 0.2) is 0 Å². The molecule has 362 valence electrons. The number of benzene rings is 6. The number of carboxylic acid groups (broad SMARTS) is 1. The Kier molecular flexibility index (Phi) is 22.3. The van der Waals surface area contributed by atoms with Crippen molar-refractivity contribution < 1.29 is 58.8 Å². The number of aliphatic carboxylic acids is 1. The van der Waals surface area contributed by atoms with Crippen molar-refractivity contribution in [2.24, 2.45) is 0 Å². The van der Waals surface area contributed by atoms with Crippen LogP contribution in [0.25, 0.3) is 0 Å². The molecule has 12 nitrogen and oxygen atoms in total. The summed E-state index contributed by atoms with van der Waals surface area (Å²) in [6.07, 6.45) is 2.81. The summed E-state index contributed by atoms with van der Waals surface area (Å²) >= 11 is 0. The Morgan fingerprint density at radius 1 is 0.529 bits per heavy atom. The van der Waals surface area contributed by atoms with Crippen LogP contribution in [0.4, 0.5) is 0 Å². The second-order valence-electron chi connectivity index (χ2n) is 17.6. The first-order chi connectivity index (χ1) is 32.6. The summed E-state index contributed by atoms with van der Waals surface area (Å²) in [4.78, 5) is 60.5. The number of amides is 2. The molecule has 2 fully saturated rings. The van der Waals surface area contributed by atoms with E-state index in [1.807, 2.05) is 165 Å². The van der Waals surface area contributed by atoms with Crippen LogP contribution in [0.3, 0.4) is 0 Å². The molecule has 0 aromatic heterocycles. The van der Waals surface area contributed by atoms with Crippen molar-refractivity contribution in [2.45, 2.75) is 61.7 Å². The van der Waals surface area contributed by atoms with E-state index in [9.17, 15) is 24.3 Å². The molecule has 0 aliphatic carbocycles. The molecular formula is C57H65LiN4O8. The van der Waals surface area contributed by atoms with Gasteiger partial charge in [0.2, 0.25) is 11.8 Å². The van der Waals surface area contributed by atoms with Gasteiger partial charge in [-0.15, -0.1) is 0 Å². The van der Waals surface area contributed by atoms with E-state index in [2.05, 4.69) is 41.1 Å². The SMILES string of the molecule is CN(CCc1ccccc1)[C@H]1C[C@@H](C(=O)O)N(C(=O)C(c2ccccc2)c2ccccc2)C1.COC(=O)[C@@H]1C[C@H](N(C)CCc2ccccc2)CN1C(=O)C(c1ccccc1)c1ccccc1.O.[Li+].[OH-]. The van der Waals surface area contributed by atoms with Crippen LogP contribution in [-0.2, 0) is 36.8 Å². The topological polar surface area (TPSA) is 172 Å². The standard InChI is InChI=1S/C29H32N2O3.C28H30N2O3.Li.2H2O/c1-30(19-18-22-12-6-3-7-13-22)25-20-26(29(33)34-2)31(21-25)28(32)27(23-14-8-4-9-15-23)24-16-10-5-11-17-24;1-29(18-17-21-11-5-2-6-12-21)24-19-25(28(32)33)30(20-24)27(31)26(22-13-7-3-8-14-22)23-15-9-4-10-16-23;;;/h3-17,25-27H,18-21H2,1-2H3;2-16,24-26H,17-20H2,1H3,(H,32,33);;2*1H2/q;;+1;;/p-1/t25-,26-;24-,25-;;;/m00.../s1. The number of nitrogens with zero attached hydrogens (tertiary/aromatic N) is 4. The predicted octanol–water partition coefficient (Wildman–Crippen LogP) is 4.19. The molecule has 2 amide bonds. The molecule has 13 heteroatoms. The number of ether oxygens (including phenoxy) is 1. The average molecular weight is 941 g/mol. The van der Waals surface area contributed by atoms with E-state index in [1.165, 1.54) is 18.2 Å². The number of hydrogen-bond acceptors (Lipinski definition) is 8. The number of carbonyl (C=O) groups is 4. The van der Waals surface area contributed by atoms with E-state index in [0.29, 0.717) is 25.9 Å². The second kappa shape index (κ2) is 27.7. The molecule has 4 N–H and O–H groups in total. The van der Waals surface area contributed by atoms with Gasteiger partial charge in [-0.25, -0.2) is 9.59 Å². The summed E-state index contributed by atoms with van der Waals surface area (Å²) in [5.41, 5.74) is 6.11. The van der Waals surface area contributed by atoms with Crippen LogP contribution < -0.4 is 18.9 Å². The van der Waals surface area contributed by atoms with Gasteiger partial charge < -0.3 is 40.4 Å². The minimum atomic E-state index is -0.942. The molecule has 6 aromatic carbocycles. The zero-order valence-corrected chi connectivity index (χ0v) is 40.7. The number of carboxylic acids is 1. The van der Waals surface area contributed by atoms with E-state index in [4.69, 9.17) is 4.74 Å². The Morgan fingerprint density at radius 2 is 0.814 bits per heavy atom. The minimum absolute atomic E-state index is 0. The van der Waals surface area contributed by atoms with Crippen molar-refractivity contribution in [1.29, 1.82) is 0 Å². The van der Waals surface area contributed by atoms with Gasteiger partial charge in [0, 0.05) is 38.3 Å². The third-order valence-corrected chi connectivity index (χ3v) is 13.3. The number of methoxy groups -OCH3 is 1. The third-order valence-electron chi connectivity index (χ3n) is 13.3. The maximum atomic E-state index is 14.0. The molecule has 0 unspecified atom stereocenters. The largest absolute Gasteiger partial charge is 1.00 e. The first-order valence-corrected chi connectivity index (χ1v) is 23.2. The number of rotatable bonds is 16. The molecule has 2 aliphatic heterocycles. The van der Waals surface area contributed by atoms with Crippen molar-refractivity contribution >= 4 is 23.8 Å². The second-order valence-corrected chi connectivity index (χ2v) is 17.6. The van der Waals surface area contributed by atoms with Crippen molar-refractivity contribution in [3.05, 3.63) is 215 Å². The van der Waals surface area contributed by atoms with Crippen molar-refractivity contribution in [2.75, 3.05) is 47.4 Å². The van der Waals surface area contributed by atoms with Gasteiger partial charge in [0.1, 0.15) is 12.1 Å². The fourth-order valence-corrected chi connectivity index (χ4v) is 9.48. The van der Waals surface area contributed by atoms with Crippen LogP contribution in [0.2, 0.25) is 0 Å². The van der Waals surface area contributed by atoms with Crippen LogP contribution in [0.15, 0.2) is 182 Å². The molecule has 4 atom stereocenters. The molecule has 70 heavy (non-hydrogen) atoms. The molecular weight excluding hydrogens is 876 g/mol. The summed E-state index contributed by atoms with van der Waals surface area (Å²) in [5.74, 6) is -2.51. The molecule has 2 heterocycles. The summed E-state index contributed by atoms with van der Waals surface area (Å²) in [6.45, 7) is 2.58. The normalized spacial score (nSPS) is 17.2. The summed E-state index contributed by atoms with van der Waals surface area (Å²) < 4.78 is 5.11. The zero-order valence-electron chi connectivity index (χ0n) is 40.7. The molecule has 2 saturated heterocycles. The van der Waals surface area contributed by atoms with Gasteiger partial charge >= 0.3 is 30.8 Å². The van der Waals surface area contributed by atoms with Crippen LogP contribution in [-0.4, -0.2) is 131 Å². The Hall–Kier alpha value is -6.36. The fourth-order valence-electron chi connectivity index (χ4n) is 9.48. The molecule has 0 bridgehead atoms. The smallest absolute Gasteiger partial charge is 0.870 e. The van der Waals surface area contributed by atoms with Gasteiger partial charge in [0.05, 0.1) is 18.9 Å². The summed E-state index contributed by atoms with van der Waals surface area (Å²) in [6, 6.07) is 58.1. The first-order valence-electron chi connectivity index (χ1n) is 23.2. The van der Waals surface area contributed by atoms with Crippen molar-refractivity contribution in [1.82, 2.24) is 19.6 Å². The third kappa shape index (κ3) is 14.4. The molecule has 0 spiro atoms. The van der Waals surface area contributed by atoms with E-state index in [1.54, 1.807) is 9.80 Å². The number of esters is 1. The zero-order chi connectivity index (χ0) is 47.1. The van der Waals surface area contributed by atoms with Crippen LogP contribution in [0.5, 0.6) is 0 Å².